The maximum atomic E-state index is 11.8. The lowest BCUT2D eigenvalue weighted by Gasteiger charge is -2.32. The third-order valence-electron chi connectivity index (χ3n) is 2.83. The Labute approximate surface area is 97.3 Å². The van der Waals surface area contributed by atoms with Crippen LogP contribution in [0.1, 0.15) is 33.1 Å². The van der Waals surface area contributed by atoms with Crippen LogP contribution in [-0.4, -0.2) is 30.7 Å². The van der Waals surface area contributed by atoms with E-state index >= 15 is 0 Å². The fraction of sp³-hybridized carbons (Fsp3) is 0.900. The van der Waals surface area contributed by atoms with Crippen molar-refractivity contribution in [1.82, 2.24) is 5.32 Å². The molecule has 1 saturated heterocycles. The topological polar surface area (TPSA) is 64.4 Å². The second kappa shape index (κ2) is 6.30. The van der Waals surface area contributed by atoms with Crippen LogP contribution in [-0.2, 0) is 9.53 Å². The monoisotopic (exact) mass is 236 g/mol. The molecule has 1 aliphatic rings. The average Bonchev–Trinajstić information content (AvgIpc) is 2.18. The first kappa shape index (κ1) is 14.7. The summed E-state index contributed by atoms with van der Waals surface area (Å²) in [5.74, 6) is -0.0323. The fourth-order valence-electron chi connectivity index (χ4n) is 1.43. The van der Waals surface area contributed by atoms with Crippen LogP contribution in [0.25, 0.3) is 0 Å². The van der Waals surface area contributed by atoms with Crippen molar-refractivity contribution in [2.75, 3.05) is 13.2 Å². The molecule has 1 fully saturated rings. The number of rotatable bonds is 3. The van der Waals surface area contributed by atoms with Gasteiger partial charge in [0.15, 0.2) is 0 Å². The quantitative estimate of drug-likeness (QED) is 0.763. The lowest BCUT2D eigenvalue weighted by Crippen LogP contribution is -2.58. The number of carbonyl (C=O) groups is 1. The largest absolute Gasteiger partial charge is 0.381 e. The molecule has 0 aromatic rings. The minimum atomic E-state index is -0.707. The molecule has 15 heavy (non-hydrogen) atoms. The summed E-state index contributed by atoms with van der Waals surface area (Å²) < 4.78 is 5.19. The minimum absolute atomic E-state index is 0. The molecule has 1 atom stereocenters. The van der Waals surface area contributed by atoms with Crippen molar-refractivity contribution in [3.8, 4) is 0 Å². The van der Waals surface area contributed by atoms with Gasteiger partial charge in [-0.25, -0.2) is 0 Å². The number of amides is 1. The maximum Gasteiger partial charge on any atom is 0.240 e. The van der Waals surface area contributed by atoms with Crippen molar-refractivity contribution >= 4 is 18.3 Å². The van der Waals surface area contributed by atoms with Gasteiger partial charge in [-0.05, 0) is 26.2 Å². The van der Waals surface area contributed by atoms with Crippen LogP contribution in [0.4, 0.5) is 0 Å². The molecule has 90 valence electrons. The van der Waals surface area contributed by atoms with Gasteiger partial charge in [0.05, 0.1) is 5.54 Å². The molecule has 1 rings (SSSR count). The number of hydrogen-bond donors (Lipinski definition) is 2. The Morgan fingerprint density at radius 2 is 2.07 bits per heavy atom. The highest BCUT2D eigenvalue weighted by Crippen LogP contribution is 2.17. The molecule has 4 nitrogen and oxygen atoms in total. The Morgan fingerprint density at radius 1 is 1.53 bits per heavy atom. The summed E-state index contributed by atoms with van der Waals surface area (Å²) in [5.41, 5.74) is 5.31. The van der Waals surface area contributed by atoms with Crippen molar-refractivity contribution in [1.29, 1.82) is 0 Å². The number of carbonyl (C=O) groups excluding carboxylic acids is 1. The van der Waals surface area contributed by atoms with Crippen molar-refractivity contribution in [2.24, 2.45) is 5.73 Å². The van der Waals surface area contributed by atoms with E-state index in [1.165, 1.54) is 0 Å². The lowest BCUT2D eigenvalue weighted by molar-refractivity contribution is -0.130. The smallest absolute Gasteiger partial charge is 0.240 e. The molecule has 0 aliphatic carbocycles. The number of nitrogens with two attached hydrogens (primary N) is 1. The third-order valence-corrected chi connectivity index (χ3v) is 2.83. The van der Waals surface area contributed by atoms with Crippen LogP contribution in [0.2, 0.25) is 0 Å². The molecule has 0 spiro atoms. The molecule has 1 unspecified atom stereocenters. The summed E-state index contributed by atoms with van der Waals surface area (Å²) in [4.78, 5) is 11.8. The highest BCUT2D eigenvalue weighted by atomic mass is 35.5. The first-order valence-electron chi connectivity index (χ1n) is 5.26. The molecule has 0 saturated carbocycles. The molecular weight excluding hydrogens is 216 g/mol. The van der Waals surface area contributed by atoms with Gasteiger partial charge >= 0.3 is 0 Å². The van der Waals surface area contributed by atoms with Crippen molar-refractivity contribution in [2.45, 2.75) is 44.7 Å². The van der Waals surface area contributed by atoms with E-state index in [2.05, 4.69) is 5.32 Å². The molecule has 5 heteroatoms. The summed E-state index contributed by atoms with van der Waals surface area (Å²) >= 11 is 0. The summed E-state index contributed by atoms with van der Waals surface area (Å²) in [6, 6.07) is 0.200. The number of ether oxygens (including phenoxy) is 1. The molecule has 1 heterocycles. The van der Waals surface area contributed by atoms with E-state index in [9.17, 15) is 4.79 Å². The second-order valence-corrected chi connectivity index (χ2v) is 4.05. The standard InChI is InChI=1S/C10H20N2O2.ClH/c1-3-8(2)12-9(13)10(11)4-6-14-7-5-10;/h8H,3-7,11H2,1-2H3,(H,12,13);1H. The zero-order valence-electron chi connectivity index (χ0n) is 9.41. The molecule has 0 aromatic heterocycles. The van der Waals surface area contributed by atoms with Crippen molar-refractivity contribution in [3.63, 3.8) is 0 Å². The Morgan fingerprint density at radius 3 is 2.53 bits per heavy atom. The maximum absolute atomic E-state index is 11.8. The highest BCUT2D eigenvalue weighted by molar-refractivity contribution is 5.86. The van der Waals surface area contributed by atoms with E-state index in [0.717, 1.165) is 6.42 Å². The van der Waals surface area contributed by atoms with E-state index in [1.54, 1.807) is 0 Å². The predicted molar refractivity (Wildman–Crippen MR) is 62.1 cm³/mol. The second-order valence-electron chi connectivity index (χ2n) is 4.05. The fourth-order valence-corrected chi connectivity index (χ4v) is 1.43. The van der Waals surface area contributed by atoms with Crippen LogP contribution in [0.5, 0.6) is 0 Å². The minimum Gasteiger partial charge on any atom is -0.381 e. The third kappa shape index (κ3) is 3.97. The molecule has 0 bridgehead atoms. The van der Waals surface area contributed by atoms with Gasteiger partial charge in [-0.1, -0.05) is 6.92 Å². The first-order valence-corrected chi connectivity index (χ1v) is 5.26. The van der Waals surface area contributed by atoms with Crippen LogP contribution < -0.4 is 11.1 Å². The van der Waals surface area contributed by atoms with E-state index < -0.39 is 5.54 Å². The SMILES string of the molecule is CCC(C)NC(=O)C1(N)CCOCC1.Cl. The molecule has 1 aliphatic heterocycles. The van der Waals surface area contributed by atoms with Gasteiger partial charge in [0.1, 0.15) is 0 Å². The summed E-state index contributed by atoms with van der Waals surface area (Å²) in [6.45, 7) is 5.20. The Hall–Kier alpha value is -0.320. The van der Waals surface area contributed by atoms with Gasteiger partial charge in [0.25, 0.3) is 0 Å². The average molecular weight is 237 g/mol. The zero-order chi connectivity index (χ0) is 10.6. The summed E-state index contributed by atoms with van der Waals surface area (Å²) in [6.07, 6.45) is 2.17. The lowest BCUT2D eigenvalue weighted by atomic mass is 9.90. The Balaban J connectivity index is 0.00000196. The summed E-state index contributed by atoms with van der Waals surface area (Å²) in [5, 5.41) is 2.92. The van der Waals surface area contributed by atoms with Crippen LogP contribution in [0.3, 0.4) is 0 Å². The van der Waals surface area contributed by atoms with Gasteiger partial charge in [-0.3, -0.25) is 4.79 Å². The molecule has 1 amide bonds. The van der Waals surface area contributed by atoms with E-state index in [4.69, 9.17) is 10.5 Å². The predicted octanol–water partition coefficient (Wildman–Crippen LogP) is 0.831. The van der Waals surface area contributed by atoms with Crippen molar-refractivity contribution < 1.29 is 9.53 Å². The van der Waals surface area contributed by atoms with Gasteiger partial charge < -0.3 is 15.8 Å². The number of halogens is 1. The number of nitrogens with one attached hydrogen (secondary N) is 1. The normalized spacial score (nSPS) is 21.3. The zero-order valence-corrected chi connectivity index (χ0v) is 10.2. The van der Waals surface area contributed by atoms with E-state index in [-0.39, 0.29) is 24.4 Å². The van der Waals surface area contributed by atoms with Gasteiger partial charge in [0.2, 0.25) is 5.91 Å². The Bertz CT molecular complexity index is 206. The van der Waals surface area contributed by atoms with Crippen LogP contribution in [0.15, 0.2) is 0 Å². The molecule has 0 aromatic carbocycles. The van der Waals surface area contributed by atoms with Gasteiger partial charge in [-0.15, -0.1) is 12.4 Å². The summed E-state index contributed by atoms with van der Waals surface area (Å²) in [7, 11) is 0. The molecule has 3 N–H and O–H groups in total. The van der Waals surface area contributed by atoms with E-state index in [1.807, 2.05) is 13.8 Å². The highest BCUT2D eigenvalue weighted by Gasteiger charge is 2.36. The van der Waals surface area contributed by atoms with Gasteiger partial charge in [0, 0.05) is 19.3 Å². The first-order chi connectivity index (χ1) is 6.58. The molecular formula is C10H21ClN2O2. The number of hydrogen-bond acceptors (Lipinski definition) is 3. The van der Waals surface area contributed by atoms with Crippen molar-refractivity contribution in [3.05, 3.63) is 0 Å². The Kier molecular flexibility index (Phi) is 6.17. The van der Waals surface area contributed by atoms with Crippen LogP contribution >= 0.6 is 12.4 Å². The van der Waals surface area contributed by atoms with Crippen LogP contribution in [0, 0.1) is 0 Å². The van der Waals surface area contributed by atoms with Gasteiger partial charge in [-0.2, -0.15) is 0 Å². The molecule has 0 radical (unpaired) electrons. The van der Waals surface area contributed by atoms with E-state index in [0.29, 0.717) is 26.1 Å².